The Kier molecular flexibility index (Phi) is 5.34. The van der Waals surface area contributed by atoms with Gasteiger partial charge in [-0.25, -0.2) is 4.99 Å². The average molecular weight is 331 g/mol. The summed E-state index contributed by atoms with van der Waals surface area (Å²) >= 11 is 5.86. The average Bonchev–Trinajstić information content (AvgIpc) is 2.52. The van der Waals surface area contributed by atoms with E-state index in [0.717, 1.165) is 5.69 Å². The van der Waals surface area contributed by atoms with Gasteiger partial charge in [0.15, 0.2) is 5.84 Å². The van der Waals surface area contributed by atoms with Crippen molar-refractivity contribution < 1.29 is 4.79 Å². The number of rotatable bonds is 4. The molecule has 0 saturated heterocycles. The molecule has 1 aromatic carbocycles. The van der Waals surface area contributed by atoms with Gasteiger partial charge in [-0.05, 0) is 36.4 Å². The highest BCUT2D eigenvalue weighted by atomic mass is 35.5. The van der Waals surface area contributed by atoms with Gasteiger partial charge in [-0.3, -0.25) is 20.6 Å². The molecule has 6 heteroatoms. The number of hydrogen-bond acceptors (Lipinski definition) is 4. The summed E-state index contributed by atoms with van der Waals surface area (Å²) in [7, 11) is 0. The van der Waals surface area contributed by atoms with Gasteiger partial charge in [0.25, 0.3) is 0 Å². The molecule has 5 nitrogen and oxygen atoms in total. The van der Waals surface area contributed by atoms with E-state index in [-0.39, 0.29) is 11.6 Å². The summed E-state index contributed by atoms with van der Waals surface area (Å²) < 4.78 is 0. The Bertz CT molecular complexity index is 691. The molecule has 0 radical (unpaired) electrons. The third kappa shape index (κ3) is 5.07. The largest absolute Gasteiger partial charge is 0.300 e. The second kappa shape index (κ2) is 7.24. The maximum atomic E-state index is 12.6. The molecule has 0 bridgehead atoms. The molecular weight excluding hydrogens is 312 g/mol. The standard InChI is InChI=1S/C17H19ClN4O/c1-17(2,3)15(23)16(20-14-5-4-10-19-11-14)22-21-13-8-6-12(18)7-9-13/h4-11,21H,1-3H3,(H,20,22). The highest BCUT2D eigenvalue weighted by Crippen LogP contribution is 2.18. The van der Waals surface area contributed by atoms with Crippen LogP contribution in [0.5, 0.6) is 0 Å². The minimum absolute atomic E-state index is 0.109. The van der Waals surface area contributed by atoms with Crippen molar-refractivity contribution in [1.82, 2.24) is 10.4 Å². The van der Waals surface area contributed by atoms with Crippen molar-refractivity contribution >= 4 is 34.6 Å². The zero-order chi connectivity index (χ0) is 16.9. The normalized spacial score (nSPS) is 11.9. The lowest BCUT2D eigenvalue weighted by Gasteiger charge is -2.19. The lowest BCUT2D eigenvalue weighted by Crippen LogP contribution is -2.41. The van der Waals surface area contributed by atoms with Gasteiger partial charge in [-0.15, -0.1) is 0 Å². The molecule has 0 spiro atoms. The Labute approximate surface area is 140 Å². The maximum Gasteiger partial charge on any atom is 0.204 e. The van der Waals surface area contributed by atoms with E-state index in [4.69, 9.17) is 11.6 Å². The lowest BCUT2D eigenvalue weighted by molar-refractivity contribution is -0.119. The molecule has 2 rings (SSSR count). The van der Waals surface area contributed by atoms with Gasteiger partial charge in [0.2, 0.25) is 5.78 Å². The zero-order valence-electron chi connectivity index (χ0n) is 13.3. The molecule has 0 aliphatic heterocycles. The quantitative estimate of drug-likeness (QED) is 0.505. The van der Waals surface area contributed by atoms with Crippen LogP contribution in [0.15, 0.2) is 53.8 Å². The Morgan fingerprint density at radius 2 is 1.87 bits per heavy atom. The number of nitrogens with one attached hydrogen (secondary N) is 2. The topological polar surface area (TPSA) is 66.4 Å². The van der Waals surface area contributed by atoms with E-state index < -0.39 is 5.41 Å². The smallest absolute Gasteiger partial charge is 0.204 e. The third-order valence-corrected chi connectivity index (χ3v) is 3.20. The number of aromatic nitrogens is 1. The highest BCUT2D eigenvalue weighted by molar-refractivity contribution is 6.41. The number of ketones is 1. The van der Waals surface area contributed by atoms with Crippen molar-refractivity contribution in [2.24, 2.45) is 10.4 Å². The van der Waals surface area contributed by atoms with Crippen LogP contribution in [0.1, 0.15) is 20.8 Å². The number of aliphatic imine (C=N–C) groups is 1. The Morgan fingerprint density at radius 3 is 2.43 bits per heavy atom. The van der Waals surface area contributed by atoms with Crippen LogP contribution in [0.2, 0.25) is 5.02 Å². The van der Waals surface area contributed by atoms with Crippen LogP contribution in [-0.4, -0.2) is 16.6 Å². The number of benzene rings is 1. The Balaban J connectivity index is 2.21. The molecule has 0 saturated carbocycles. The van der Waals surface area contributed by atoms with Crippen molar-refractivity contribution in [2.75, 3.05) is 5.43 Å². The number of carbonyl (C=O) groups excluding carboxylic acids is 1. The molecule has 0 amide bonds. The van der Waals surface area contributed by atoms with Crippen molar-refractivity contribution in [2.45, 2.75) is 20.8 Å². The summed E-state index contributed by atoms with van der Waals surface area (Å²) in [4.78, 5) is 20.9. The van der Waals surface area contributed by atoms with Gasteiger partial charge < -0.3 is 0 Å². The Hall–Kier alpha value is -2.40. The van der Waals surface area contributed by atoms with Crippen LogP contribution in [0.25, 0.3) is 0 Å². The van der Waals surface area contributed by atoms with Gasteiger partial charge in [-0.1, -0.05) is 32.4 Å². The van der Waals surface area contributed by atoms with Gasteiger partial charge in [0.1, 0.15) is 0 Å². The first kappa shape index (κ1) is 17.0. The molecule has 120 valence electrons. The maximum absolute atomic E-state index is 12.6. The number of nitrogens with zero attached hydrogens (tertiary/aromatic N) is 2. The molecule has 0 unspecified atom stereocenters. The number of carbonyl (C=O) groups is 1. The van der Waals surface area contributed by atoms with Crippen LogP contribution in [-0.2, 0) is 4.79 Å². The fourth-order valence-electron chi connectivity index (χ4n) is 1.70. The molecule has 1 aromatic heterocycles. The monoisotopic (exact) mass is 330 g/mol. The van der Waals surface area contributed by atoms with Crippen LogP contribution < -0.4 is 10.9 Å². The van der Waals surface area contributed by atoms with Gasteiger partial charge >= 0.3 is 0 Å². The molecule has 1 heterocycles. The number of halogens is 1. The van der Waals surface area contributed by atoms with Crippen LogP contribution >= 0.6 is 11.6 Å². The predicted molar refractivity (Wildman–Crippen MR) is 94.0 cm³/mol. The van der Waals surface area contributed by atoms with Gasteiger partial charge in [-0.2, -0.15) is 0 Å². The summed E-state index contributed by atoms with van der Waals surface area (Å²) in [5.41, 5.74) is 6.67. The fourth-order valence-corrected chi connectivity index (χ4v) is 1.83. The molecule has 0 fully saturated rings. The summed E-state index contributed by atoms with van der Waals surface area (Å²) in [6.45, 7) is 5.54. The molecule has 0 atom stereocenters. The summed E-state index contributed by atoms with van der Waals surface area (Å²) in [6, 6.07) is 10.7. The van der Waals surface area contributed by atoms with E-state index in [1.54, 1.807) is 48.8 Å². The zero-order valence-corrected chi connectivity index (χ0v) is 14.1. The fraction of sp³-hybridized carbons (Fsp3) is 0.235. The van der Waals surface area contributed by atoms with E-state index in [1.807, 2.05) is 20.8 Å². The van der Waals surface area contributed by atoms with Crippen LogP contribution in [0.3, 0.4) is 0 Å². The van der Waals surface area contributed by atoms with Crippen molar-refractivity contribution in [3.05, 3.63) is 53.8 Å². The summed E-state index contributed by atoms with van der Waals surface area (Å²) in [5.74, 6) is 0.114. The SMILES string of the molecule is CC(C)(C)C(=O)C(=Nc1cccnc1)NNc1ccc(Cl)cc1. The first-order valence-corrected chi connectivity index (χ1v) is 7.55. The number of hydrazine groups is 1. The molecular formula is C17H19ClN4O. The second-order valence-electron chi connectivity index (χ2n) is 6.01. The van der Waals surface area contributed by atoms with E-state index in [9.17, 15) is 4.79 Å². The van der Waals surface area contributed by atoms with Crippen LogP contribution in [0.4, 0.5) is 11.4 Å². The number of Topliss-reactive ketones (excluding diaryl/α,β-unsaturated/α-hetero) is 1. The highest BCUT2D eigenvalue weighted by Gasteiger charge is 2.26. The number of pyridine rings is 1. The summed E-state index contributed by atoms with van der Waals surface area (Å²) in [5, 5.41) is 0.644. The third-order valence-electron chi connectivity index (χ3n) is 2.95. The molecule has 0 aliphatic rings. The minimum Gasteiger partial charge on any atom is -0.300 e. The van der Waals surface area contributed by atoms with Gasteiger partial charge in [0.05, 0.1) is 17.6 Å². The second-order valence-corrected chi connectivity index (χ2v) is 6.44. The molecule has 2 aromatic rings. The Morgan fingerprint density at radius 1 is 1.17 bits per heavy atom. The molecule has 0 aliphatic carbocycles. The first-order valence-electron chi connectivity index (χ1n) is 7.17. The predicted octanol–water partition coefficient (Wildman–Crippen LogP) is 4.00. The number of amidine groups is 1. The van der Waals surface area contributed by atoms with E-state index >= 15 is 0 Å². The minimum atomic E-state index is -0.560. The number of hydrogen-bond donors (Lipinski definition) is 2. The summed E-state index contributed by atoms with van der Waals surface area (Å²) in [6.07, 6.45) is 3.25. The molecule has 2 N–H and O–H groups in total. The van der Waals surface area contributed by atoms with Gasteiger partial charge in [0, 0.05) is 16.6 Å². The van der Waals surface area contributed by atoms with Crippen molar-refractivity contribution in [1.29, 1.82) is 0 Å². The van der Waals surface area contributed by atoms with E-state index in [0.29, 0.717) is 10.7 Å². The first-order chi connectivity index (χ1) is 10.9. The number of anilines is 1. The lowest BCUT2D eigenvalue weighted by atomic mass is 9.90. The van der Waals surface area contributed by atoms with Crippen LogP contribution in [0, 0.1) is 5.41 Å². The van der Waals surface area contributed by atoms with E-state index in [1.165, 1.54) is 0 Å². The van der Waals surface area contributed by atoms with E-state index in [2.05, 4.69) is 20.8 Å². The van der Waals surface area contributed by atoms with Crippen molar-refractivity contribution in [3.8, 4) is 0 Å². The molecule has 23 heavy (non-hydrogen) atoms. The van der Waals surface area contributed by atoms with Crippen molar-refractivity contribution in [3.63, 3.8) is 0 Å².